The highest BCUT2D eigenvalue weighted by Gasteiger charge is 2.14. The molecule has 0 atom stereocenters. The van der Waals surface area contributed by atoms with Crippen LogP contribution < -0.4 is 15.4 Å². The van der Waals surface area contributed by atoms with Crippen LogP contribution in [0.4, 0.5) is 17.3 Å². The maximum absolute atomic E-state index is 12.7. The summed E-state index contributed by atoms with van der Waals surface area (Å²) in [5, 5.41) is 6.42. The van der Waals surface area contributed by atoms with E-state index < -0.39 is 0 Å². The van der Waals surface area contributed by atoms with Crippen molar-refractivity contribution in [1.29, 1.82) is 0 Å². The average Bonchev–Trinajstić information content (AvgIpc) is 2.68. The fourth-order valence-electron chi connectivity index (χ4n) is 2.66. The van der Waals surface area contributed by atoms with Crippen LogP contribution in [-0.2, 0) is 6.42 Å². The van der Waals surface area contributed by atoms with Crippen LogP contribution in [-0.4, -0.2) is 23.0 Å². The Balaban J connectivity index is 1.82. The van der Waals surface area contributed by atoms with E-state index in [1.807, 2.05) is 31.2 Å². The van der Waals surface area contributed by atoms with E-state index >= 15 is 0 Å². The number of methoxy groups -OCH3 is 1. The first-order valence-corrected chi connectivity index (χ1v) is 9.23. The van der Waals surface area contributed by atoms with E-state index in [1.165, 1.54) is 12.7 Å². The van der Waals surface area contributed by atoms with Gasteiger partial charge in [-0.2, -0.15) is 0 Å². The van der Waals surface area contributed by atoms with Gasteiger partial charge in [0.05, 0.1) is 12.8 Å². The van der Waals surface area contributed by atoms with Gasteiger partial charge in [0.1, 0.15) is 11.4 Å². The second kappa shape index (κ2) is 8.71. The molecule has 1 amide bonds. The molecule has 1 aromatic heterocycles. The summed E-state index contributed by atoms with van der Waals surface area (Å²) >= 11 is 6.02. The van der Waals surface area contributed by atoms with Crippen LogP contribution in [0.15, 0.2) is 48.5 Å². The second-order valence-corrected chi connectivity index (χ2v) is 6.63. The van der Waals surface area contributed by atoms with Crippen LogP contribution >= 0.6 is 11.6 Å². The van der Waals surface area contributed by atoms with Crippen molar-refractivity contribution in [2.24, 2.45) is 0 Å². The van der Waals surface area contributed by atoms with Gasteiger partial charge in [-0.05, 0) is 55.3 Å². The Hall–Kier alpha value is -3.12. The second-order valence-electron chi connectivity index (χ2n) is 6.19. The van der Waals surface area contributed by atoms with Crippen LogP contribution in [0.2, 0.25) is 5.02 Å². The molecule has 3 rings (SSSR count). The van der Waals surface area contributed by atoms with Gasteiger partial charge in [0.15, 0.2) is 0 Å². The van der Waals surface area contributed by atoms with Crippen molar-refractivity contribution in [3.63, 3.8) is 0 Å². The fraction of sp³-hybridized carbons (Fsp3) is 0.190. The van der Waals surface area contributed by atoms with Crippen molar-refractivity contribution in [1.82, 2.24) is 9.97 Å². The Bertz CT molecular complexity index is 990. The van der Waals surface area contributed by atoms with Crippen molar-refractivity contribution in [3.8, 4) is 5.75 Å². The highest BCUT2D eigenvalue weighted by molar-refractivity contribution is 6.31. The first-order valence-electron chi connectivity index (χ1n) is 8.85. The lowest BCUT2D eigenvalue weighted by molar-refractivity contribution is 0.102. The molecular weight excluding hydrogens is 376 g/mol. The number of hydrogen-bond acceptors (Lipinski definition) is 5. The zero-order chi connectivity index (χ0) is 20.1. The number of carbonyl (C=O) groups is 1. The number of hydrogen-bond donors (Lipinski definition) is 2. The summed E-state index contributed by atoms with van der Waals surface area (Å²) in [6.07, 6.45) is 0.971. The topological polar surface area (TPSA) is 76.1 Å². The monoisotopic (exact) mass is 396 g/mol. The van der Waals surface area contributed by atoms with Crippen LogP contribution in [0.1, 0.15) is 28.7 Å². The summed E-state index contributed by atoms with van der Waals surface area (Å²) in [5.74, 6) is 0.487. The number of halogens is 1. The van der Waals surface area contributed by atoms with Crippen molar-refractivity contribution in [2.75, 3.05) is 17.7 Å². The Morgan fingerprint density at radius 2 is 1.86 bits per heavy atom. The molecule has 7 heteroatoms. The number of benzene rings is 2. The molecule has 0 unspecified atom stereocenters. The summed E-state index contributed by atoms with van der Waals surface area (Å²) in [7, 11) is 1.53. The van der Waals surface area contributed by atoms with Gasteiger partial charge in [0.2, 0.25) is 5.95 Å². The van der Waals surface area contributed by atoms with Gasteiger partial charge < -0.3 is 15.4 Å². The molecule has 0 spiro atoms. The van der Waals surface area contributed by atoms with E-state index in [4.69, 9.17) is 16.3 Å². The van der Waals surface area contributed by atoms with Crippen LogP contribution in [0.25, 0.3) is 0 Å². The Morgan fingerprint density at radius 1 is 1.11 bits per heavy atom. The van der Waals surface area contributed by atoms with Crippen LogP contribution in [0.5, 0.6) is 5.75 Å². The van der Waals surface area contributed by atoms with Gasteiger partial charge >= 0.3 is 0 Å². The van der Waals surface area contributed by atoms with Crippen molar-refractivity contribution < 1.29 is 9.53 Å². The normalized spacial score (nSPS) is 10.4. The third-order valence-electron chi connectivity index (χ3n) is 4.11. The smallest absolute Gasteiger partial charge is 0.274 e. The number of nitrogens with one attached hydrogen (secondary N) is 2. The number of aromatic nitrogens is 2. The van der Waals surface area contributed by atoms with E-state index in [2.05, 4.69) is 27.5 Å². The summed E-state index contributed by atoms with van der Waals surface area (Å²) < 4.78 is 5.26. The van der Waals surface area contributed by atoms with Gasteiger partial charge in [0.25, 0.3) is 5.91 Å². The molecule has 6 nitrogen and oxygen atoms in total. The molecule has 0 saturated heterocycles. The van der Waals surface area contributed by atoms with E-state index in [9.17, 15) is 4.79 Å². The lowest BCUT2D eigenvalue weighted by atomic mass is 10.1. The summed E-state index contributed by atoms with van der Waals surface area (Å²) in [4.78, 5) is 21.4. The zero-order valence-corrected chi connectivity index (χ0v) is 16.7. The molecule has 0 fully saturated rings. The molecule has 3 aromatic rings. The number of nitrogens with zero attached hydrogens (tertiary/aromatic N) is 2. The number of carbonyl (C=O) groups excluding carboxylic acids is 1. The molecule has 2 aromatic carbocycles. The molecule has 0 aliphatic carbocycles. The standard InChI is InChI=1S/C21H21ClN4O2/c1-4-14-5-8-16(9-6-14)24-21-23-13(2)11-18(26-21)20(27)25-17-12-15(22)7-10-19(17)28-3/h5-12H,4H2,1-3H3,(H,25,27)(H,23,24,26). The molecule has 0 radical (unpaired) electrons. The number of aryl methyl sites for hydroxylation is 2. The Labute approximate surface area is 168 Å². The maximum Gasteiger partial charge on any atom is 0.274 e. The Kier molecular flexibility index (Phi) is 6.11. The summed E-state index contributed by atoms with van der Waals surface area (Å²) in [6.45, 7) is 3.91. The molecule has 0 saturated carbocycles. The molecule has 1 heterocycles. The number of amides is 1. The molecular formula is C21H21ClN4O2. The van der Waals surface area contributed by atoms with E-state index in [0.717, 1.165) is 12.1 Å². The average molecular weight is 397 g/mol. The van der Waals surface area contributed by atoms with Crippen LogP contribution in [0, 0.1) is 6.92 Å². The first kappa shape index (κ1) is 19.6. The SMILES string of the molecule is CCc1ccc(Nc2nc(C)cc(C(=O)Nc3cc(Cl)ccc3OC)n2)cc1. The molecule has 0 bridgehead atoms. The van der Waals surface area contributed by atoms with E-state index in [0.29, 0.717) is 28.1 Å². The third-order valence-corrected chi connectivity index (χ3v) is 4.35. The molecule has 0 aliphatic rings. The quantitative estimate of drug-likeness (QED) is 0.612. The predicted octanol–water partition coefficient (Wildman–Crippen LogP) is 5.01. The third kappa shape index (κ3) is 4.78. The van der Waals surface area contributed by atoms with Crippen molar-refractivity contribution in [2.45, 2.75) is 20.3 Å². The zero-order valence-electron chi connectivity index (χ0n) is 15.9. The van der Waals surface area contributed by atoms with E-state index in [1.54, 1.807) is 24.3 Å². The first-order chi connectivity index (χ1) is 13.5. The minimum absolute atomic E-state index is 0.238. The van der Waals surface area contributed by atoms with Crippen molar-refractivity contribution >= 4 is 34.8 Å². The minimum Gasteiger partial charge on any atom is -0.495 e. The number of ether oxygens (including phenoxy) is 1. The van der Waals surface area contributed by atoms with Crippen LogP contribution in [0.3, 0.4) is 0 Å². The molecule has 144 valence electrons. The fourth-order valence-corrected chi connectivity index (χ4v) is 2.83. The lowest BCUT2D eigenvalue weighted by Gasteiger charge is -2.12. The van der Waals surface area contributed by atoms with Gasteiger partial charge in [-0.25, -0.2) is 9.97 Å². The predicted molar refractivity (Wildman–Crippen MR) is 112 cm³/mol. The lowest BCUT2D eigenvalue weighted by Crippen LogP contribution is -2.16. The Morgan fingerprint density at radius 3 is 2.54 bits per heavy atom. The maximum atomic E-state index is 12.7. The van der Waals surface area contributed by atoms with E-state index in [-0.39, 0.29) is 11.6 Å². The number of anilines is 3. The molecule has 0 aliphatic heterocycles. The molecule has 28 heavy (non-hydrogen) atoms. The van der Waals surface area contributed by atoms with Gasteiger partial charge in [-0.15, -0.1) is 0 Å². The summed E-state index contributed by atoms with van der Waals surface area (Å²) in [6, 6.07) is 14.6. The number of rotatable bonds is 6. The van der Waals surface area contributed by atoms with Gasteiger partial charge in [0, 0.05) is 16.4 Å². The summed E-state index contributed by atoms with van der Waals surface area (Å²) in [5.41, 5.74) is 3.48. The van der Waals surface area contributed by atoms with Gasteiger partial charge in [-0.1, -0.05) is 30.7 Å². The largest absolute Gasteiger partial charge is 0.495 e. The highest BCUT2D eigenvalue weighted by atomic mass is 35.5. The highest BCUT2D eigenvalue weighted by Crippen LogP contribution is 2.28. The van der Waals surface area contributed by atoms with Gasteiger partial charge in [-0.3, -0.25) is 4.79 Å². The molecule has 2 N–H and O–H groups in total. The van der Waals surface area contributed by atoms with Crippen molar-refractivity contribution in [3.05, 3.63) is 70.5 Å². The minimum atomic E-state index is -0.379.